The molecule has 0 aliphatic heterocycles. The second-order valence-corrected chi connectivity index (χ2v) is 8.22. The van der Waals surface area contributed by atoms with Crippen molar-refractivity contribution in [2.75, 3.05) is 14.1 Å². The Morgan fingerprint density at radius 2 is 2.12 bits per heavy atom. The van der Waals surface area contributed by atoms with Gasteiger partial charge in [0.05, 0.1) is 17.7 Å². The van der Waals surface area contributed by atoms with Crippen LogP contribution in [0.1, 0.15) is 43.0 Å². The fraction of sp³-hybridized carbons (Fsp3) is 0.333. The lowest BCUT2D eigenvalue weighted by Gasteiger charge is -2.18. The second kappa shape index (κ2) is 8.71. The molecule has 0 fully saturated rings. The van der Waals surface area contributed by atoms with E-state index in [1.54, 1.807) is 32.3 Å². The Hall–Kier alpha value is -3.86. The number of fused-ring (bicyclic) bond motifs is 1. The Kier molecular flexibility index (Phi) is 5.82. The highest BCUT2D eigenvalue weighted by molar-refractivity contribution is 5.75. The molecule has 0 unspecified atom stereocenters. The first-order chi connectivity index (χ1) is 15.4. The molecule has 8 heteroatoms. The van der Waals surface area contributed by atoms with E-state index in [4.69, 9.17) is 9.26 Å². The quantitative estimate of drug-likeness (QED) is 0.645. The van der Waals surface area contributed by atoms with Crippen LogP contribution in [0.15, 0.2) is 40.9 Å². The van der Waals surface area contributed by atoms with Crippen LogP contribution in [0.4, 0.5) is 4.79 Å². The summed E-state index contributed by atoms with van der Waals surface area (Å²) in [6, 6.07) is 13.2. The molecule has 0 spiro atoms. The van der Waals surface area contributed by atoms with E-state index < -0.39 is 0 Å². The molecule has 1 aromatic heterocycles. The van der Waals surface area contributed by atoms with Gasteiger partial charge in [-0.3, -0.25) is 0 Å². The molecule has 3 aromatic rings. The molecule has 4 rings (SSSR count). The van der Waals surface area contributed by atoms with Crippen LogP contribution < -0.4 is 10.1 Å². The number of rotatable bonds is 5. The van der Waals surface area contributed by atoms with Crippen molar-refractivity contribution in [1.82, 2.24) is 20.4 Å². The van der Waals surface area contributed by atoms with Gasteiger partial charge in [0.2, 0.25) is 5.82 Å². The Balaban J connectivity index is 1.62. The van der Waals surface area contributed by atoms with Gasteiger partial charge in [-0.15, -0.1) is 0 Å². The predicted octanol–water partition coefficient (Wildman–Crippen LogP) is 4.32. The smallest absolute Gasteiger partial charge is 0.317 e. The minimum absolute atomic E-state index is 0.0329. The zero-order chi connectivity index (χ0) is 22.8. The third-order valence-corrected chi connectivity index (χ3v) is 5.35. The number of hydrogen-bond acceptors (Lipinski definition) is 6. The van der Waals surface area contributed by atoms with Crippen LogP contribution in [0.5, 0.6) is 5.75 Å². The molecule has 0 saturated carbocycles. The van der Waals surface area contributed by atoms with E-state index in [-0.39, 0.29) is 18.2 Å². The zero-order valence-corrected chi connectivity index (χ0v) is 18.5. The number of nitrogens with one attached hydrogen (secondary N) is 1. The molecule has 0 saturated heterocycles. The first-order valence-corrected chi connectivity index (χ1v) is 10.5. The molecule has 164 valence electrons. The molecule has 8 nitrogen and oxygen atoms in total. The lowest BCUT2D eigenvalue weighted by molar-refractivity contribution is 0.213. The second-order valence-electron chi connectivity index (χ2n) is 8.22. The summed E-state index contributed by atoms with van der Waals surface area (Å²) >= 11 is 0. The highest BCUT2D eigenvalue weighted by Gasteiger charge is 2.28. The summed E-state index contributed by atoms with van der Waals surface area (Å²) in [6.07, 6.45) is 1.60. The topological polar surface area (TPSA) is 104 Å². The molecule has 1 aliphatic rings. The molecular formula is C24H25N5O3. The summed E-state index contributed by atoms with van der Waals surface area (Å²) in [5.74, 6) is 1.34. The van der Waals surface area contributed by atoms with Crippen molar-refractivity contribution in [2.24, 2.45) is 0 Å². The van der Waals surface area contributed by atoms with E-state index in [9.17, 15) is 10.1 Å². The summed E-state index contributed by atoms with van der Waals surface area (Å²) in [4.78, 5) is 18.2. The molecule has 1 atom stereocenters. The highest BCUT2D eigenvalue weighted by atomic mass is 16.5. The average Bonchev–Trinajstić information content (AvgIpc) is 3.41. The van der Waals surface area contributed by atoms with E-state index in [0.717, 1.165) is 29.5 Å². The Morgan fingerprint density at radius 3 is 2.84 bits per heavy atom. The van der Waals surface area contributed by atoms with Gasteiger partial charge in [-0.1, -0.05) is 23.4 Å². The van der Waals surface area contributed by atoms with Gasteiger partial charge >= 0.3 is 6.03 Å². The number of ether oxygens (including phenoxy) is 1. The summed E-state index contributed by atoms with van der Waals surface area (Å²) in [5, 5.41) is 16.7. The van der Waals surface area contributed by atoms with Gasteiger partial charge in [0.15, 0.2) is 0 Å². The minimum Gasteiger partial charge on any atom is -0.490 e. The van der Waals surface area contributed by atoms with Gasteiger partial charge in [-0.2, -0.15) is 10.2 Å². The number of nitriles is 1. The number of benzene rings is 2. The molecule has 1 aliphatic carbocycles. The average molecular weight is 431 g/mol. The van der Waals surface area contributed by atoms with Crippen LogP contribution in [-0.4, -0.2) is 41.3 Å². The number of hydrogen-bond donors (Lipinski definition) is 1. The Morgan fingerprint density at radius 1 is 1.31 bits per heavy atom. The van der Waals surface area contributed by atoms with Gasteiger partial charge in [-0.25, -0.2) is 4.79 Å². The third kappa shape index (κ3) is 4.14. The van der Waals surface area contributed by atoms with Crippen LogP contribution in [0.3, 0.4) is 0 Å². The molecule has 1 N–H and O–H groups in total. The van der Waals surface area contributed by atoms with E-state index in [0.29, 0.717) is 28.6 Å². The van der Waals surface area contributed by atoms with E-state index in [2.05, 4.69) is 21.5 Å². The van der Waals surface area contributed by atoms with Crippen LogP contribution in [0, 0.1) is 11.3 Å². The fourth-order valence-electron chi connectivity index (χ4n) is 3.85. The number of aromatic nitrogens is 2. The molecule has 1 heterocycles. The summed E-state index contributed by atoms with van der Waals surface area (Å²) in [7, 11) is 3.45. The van der Waals surface area contributed by atoms with Crippen molar-refractivity contribution in [3.8, 4) is 34.7 Å². The van der Waals surface area contributed by atoms with Gasteiger partial charge < -0.3 is 19.5 Å². The van der Waals surface area contributed by atoms with Crippen molar-refractivity contribution in [2.45, 2.75) is 38.8 Å². The van der Waals surface area contributed by atoms with Crippen molar-refractivity contribution >= 4 is 6.03 Å². The molecule has 2 amide bonds. The van der Waals surface area contributed by atoms with E-state index in [1.807, 2.05) is 32.0 Å². The van der Waals surface area contributed by atoms with Crippen LogP contribution >= 0.6 is 0 Å². The zero-order valence-electron chi connectivity index (χ0n) is 18.5. The number of carbonyl (C=O) groups excluding carboxylic acids is 1. The lowest BCUT2D eigenvalue weighted by atomic mass is 10.0. The molecule has 2 aromatic carbocycles. The number of amides is 2. The molecule has 32 heavy (non-hydrogen) atoms. The minimum atomic E-state index is -0.117. The first-order valence-electron chi connectivity index (χ1n) is 10.5. The summed E-state index contributed by atoms with van der Waals surface area (Å²) in [5.41, 5.74) is 4.14. The number of nitrogens with zero attached hydrogens (tertiary/aromatic N) is 4. The van der Waals surface area contributed by atoms with Crippen LogP contribution in [-0.2, 0) is 6.42 Å². The summed E-state index contributed by atoms with van der Waals surface area (Å²) in [6.45, 7) is 3.82. The maximum absolute atomic E-state index is 12.1. The Bertz CT molecular complexity index is 1190. The summed E-state index contributed by atoms with van der Waals surface area (Å²) < 4.78 is 11.2. The van der Waals surface area contributed by atoms with Gasteiger partial charge in [0, 0.05) is 25.2 Å². The molecule has 0 bridgehead atoms. The lowest BCUT2D eigenvalue weighted by Crippen LogP contribution is -2.36. The van der Waals surface area contributed by atoms with E-state index in [1.165, 1.54) is 4.90 Å². The number of carbonyl (C=O) groups is 1. The van der Waals surface area contributed by atoms with Gasteiger partial charge in [0.25, 0.3) is 5.89 Å². The fourth-order valence-corrected chi connectivity index (χ4v) is 3.85. The van der Waals surface area contributed by atoms with Gasteiger partial charge in [-0.05, 0) is 56.0 Å². The SMILES string of the molecule is CC(C)Oc1ccc(-c2nc(-c3cccc4c3CC[C@@H]4NC(=O)N(C)C)no2)cc1C#N. The Labute approximate surface area is 186 Å². The monoisotopic (exact) mass is 431 g/mol. The maximum Gasteiger partial charge on any atom is 0.317 e. The molecular weight excluding hydrogens is 406 g/mol. The first kappa shape index (κ1) is 21.4. The largest absolute Gasteiger partial charge is 0.490 e. The normalized spacial score (nSPS) is 14.7. The van der Waals surface area contributed by atoms with Crippen molar-refractivity contribution in [3.63, 3.8) is 0 Å². The van der Waals surface area contributed by atoms with Crippen LogP contribution in [0.2, 0.25) is 0 Å². The van der Waals surface area contributed by atoms with Crippen LogP contribution in [0.25, 0.3) is 22.8 Å². The van der Waals surface area contributed by atoms with Crippen molar-refractivity contribution in [1.29, 1.82) is 5.26 Å². The van der Waals surface area contributed by atoms with E-state index >= 15 is 0 Å². The van der Waals surface area contributed by atoms with Crippen molar-refractivity contribution in [3.05, 3.63) is 53.1 Å². The predicted molar refractivity (Wildman–Crippen MR) is 119 cm³/mol. The maximum atomic E-state index is 12.1. The van der Waals surface area contributed by atoms with Crippen molar-refractivity contribution < 1.29 is 14.1 Å². The highest BCUT2D eigenvalue weighted by Crippen LogP contribution is 2.37. The standard InChI is InChI=1S/C24H25N5O3/c1-14(2)31-21-11-8-15(12-16(21)13-25)23-27-22(28-32-23)19-7-5-6-18-17(19)9-10-20(18)26-24(30)29(3)4/h5-8,11-12,14,20H,9-10H2,1-4H3,(H,26,30)/t20-/m0/s1. The molecule has 0 radical (unpaired) electrons. The number of urea groups is 1. The van der Waals surface area contributed by atoms with Gasteiger partial charge in [0.1, 0.15) is 11.8 Å². The third-order valence-electron chi connectivity index (χ3n) is 5.35.